The van der Waals surface area contributed by atoms with Crippen LogP contribution in [0.3, 0.4) is 0 Å². The minimum atomic E-state index is 0. The Morgan fingerprint density at radius 3 is 2.30 bits per heavy atom. The zero-order chi connectivity index (χ0) is 6.69. The zero-order valence-electron chi connectivity index (χ0n) is 5.79. The van der Waals surface area contributed by atoms with Crippen LogP contribution in [-0.2, 0) is 0 Å². The second-order valence-corrected chi connectivity index (χ2v) is 2.57. The summed E-state index contributed by atoms with van der Waals surface area (Å²) in [5.74, 6) is 0.363. The van der Waals surface area contributed by atoms with Crippen molar-refractivity contribution >= 4 is 12.4 Å². The topological polar surface area (TPSA) is 52.5 Å². The van der Waals surface area contributed by atoms with Gasteiger partial charge in [0, 0.05) is 19.2 Å². The summed E-state index contributed by atoms with van der Waals surface area (Å²) in [4.78, 5) is 0. The summed E-state index contributed by atoms with van der Waals surface area (Å²) in [6.07, 6.45) is 0.910. The molecule has 0 bridgehead atoms. The minimum absolute atomic E-state index is 0. The van der Waals surface area contributed by atoms with E-state index in [1.165, 1.54) is 0 Å². The highest BCUT2D eigenvalue weighted by atomic mass is 35.5. The second kappa shape index (κ2) is 4.91. The van der Waals surface area contributed by atoms with Gasteiger partial charge in [-0.25, -0.2) is 0 Å². The van der Waals surface area contributed by atoms with E-state index in [1.807, 2.05) is 0 Å². The molecule has 62 valence electrons. The van der Waals surface area contributed by atoms with Crippen molar-refractivity contribution in [1.29, 1.82) is 0 Å². The number of rotatable bonds is 2. The van der Waals surface area contributed by atoms with Crippen molar-refractivity contribution in [3.05, 3.63) is 0 Å². The molecular weight excluding hydrogens is 154 g/mol. The SMILES string of the molecule is Cl.OCC1CNC(CO)C1. The summed E-state index contributed by atoms with van der Waals surface area (Å²) in [5.41, 5.74) is 0. The molecule has 1 rings (SSSR count). The Balaban J connectivity index is 0.000000810. The van der Waals surface area contributed by atoms with Crippen LogP contribution in [0.15, 0.2) is 0 Å². The van der Waals surface area contributed by atoms with Crippen molar-refractivity contribution in [2.45, 2.75) is 12.5 Å². The Kier molecular flexibility index (Phi) is 4.99. The van der Waals surface area contributed by atoms with Gasteiger partial charge in [-0.3, -0.25) is 0 Å². The van der Waals surface area contributed by atoms with Crippen LogP contribution in [0.25, 0.3) is 0 Å². The normalized spacial score (nSPS) is 31.8. The molecule has 2 unspecified atom stereocenters. The molecule has 1 saturated heterocycles. The van der Waals surface area contributed by atoms with Crippen LogP contribution in [0, 0.1) is 5.92 Å². The van der Waals surface area contributed by atoms with Gasteiger partial charge in [-0.15, -0.1) is 12.4 Å². The summed E-state index contributed by atoms with van der Waals surface area (Å²) in [5, 5.41) is 20.4. The van der Waals surface area contributed by atoms with Gasteiger partial charge in [-0.1, -0.05) is 0 Å². The Hall–Kier alpha value is 0.170. The minimum Gasteiger partial charge on any atom is -0.396 e. The zero-order valence-corrected chi connectivity index (χ0v) is 6.60. The Morgan fingerprint density at radius 2 is 2.00 bits per heavy atom. The fourth-order valence-corrected chi connectivity index (χ4v) is 1.18. The average molecular weight is 168 g/mol. The highest BCUT2D eigenvalue weighted by molar-refractivity contribution is 5.85. The molecule has 0 aromatic heterocycles. The molecule has 10 heavy (non-hydrogen) atoms. The highest BCUT2D eigenvalue weighted by Crippen LogP contribution is 2.11. The molecule has 1 aliphatic rings. The van der Waals surface area contributed by atoms with E-state index in [0.717, 1.165) is 13.0 Å². The maximum Gasteiger partial charge on any atom is 0.0584 e. The van der Waals surface area contributed by atoms with Gasteiger partial charge in [0.25, 0.3) is 0 Å². The van der Waals surface area contributed by atoms with Gasteiger partial charge in [-0.2, -0.15) is 0 Å². The largest absolute Gasteiger partial charge is 0.396 e. The van der Waals surface area contributed by atoms with Gasteiger partial charge in [0.05, 0.1) is 6.61 Å². The molecule has 1 aliphatic heterocycles. The van der Waals surface area contributed by atoms with Crippen LogP contribution in [0.2, 0.25) is 0 Å². The van der Waals surface area contributed by atoms with Crippen LogP contribution in [-0.4, -0.2) is 36.0 Å². The molecule has 0 saturated carbocycles. The number of hydrogen-bond acceptors (Lipinski definition) is 3. The molecule has 2 atom stereocenters. The number of aliphatic hydroxyl groups excluding tert-OH is 2. The van der Waals surface area contributed by atoms with Crippen molar-refractivity contribution in [1.82, 2.24) is 5.32 Å². The lowest BCUT2D eigenvalue weighted by atomic mass is 10.1. The lowest BCUT2D eigenvalue weighted by Gasteiger charge is -2.03. The summed E-state index contributed by atoms with van der Waals surface area (Å²) >= 11 is 0. The maximum atomic E-state index is 8.66. The van der Waals surface area contributed by atoms with E-state index in [-0.39, 0.29) is 31.7 Å². The summed E-state index contributed by atoms with van der Waals surface area (Å²) in [6, 6.07) is 0.224. The third-order valence-corrected chi connectivity index (χ3v) is 1.79. The second-order valence-electron chi connectivity index (χ2n) is 2.57. The summed E-state index contributed by atoms with van der Waals surface area (Å²) < 4.78 is 0. The Bertz CT molecular complexity index is 81.8. The number of aliphatic hydroxyl groups is 2. The predicted molar refractivity (Wildman–Crippen MR) is 41.3 cm³/mol. The van der Waals surface area contributed by atoms with Gasteiger partial charge in [0.1, 0.15) is 0 Å². The lowest BCUT2D eigenvalue weighted by Crippen LogP contribution is -2.24. The van der Waals surface area contributed by atoms with E-state index in [4.69, 9.17) is 10.2 Å². The number of hydrogen-bond donors (Lipinski definition) is 3. The van der Waals surface area contributed by atoms with Gasteiger partial charge in [-0.05, 0) is 12.3 Å². The van der Waals surface area contributed by atoms with E-state index in [9.17, 15) is 0 Å². The monoisotopic (exact) mass is 167 g/mol. The standard InChI is InChI=1S/C6H13NO2.ClH/c8-3-5-1-6(4-9)7-2-5;/h5-9H,1-4H2;1H. The van der Waals surface area contributed by atoms with E-state index < -0.39 is 0 Å². The fourth-order valence-electron chi connectivity index (χ4n) is 1.18. The van der Waals surface area contributed by atoms with Gasteiger partial charge in [0.2, 0.25) is 0 Å². The number of halogens is 1. The molecule has 0 amide bonds. The molecule has 1 heterocycles. The molecule has 0 radical (unpaired) electrons. The van der Waals surface area contributed by atoms with Crippen LogP contribution in [0.1, 0.15) is 6.42 Å². The summed E-state index contributed by atoms with van der Waals surface area (Å²) in [7, 11) is 0. The smallest absolute Gasteiger partial charge is 0.0584 e. The fraction of sp³-hybridized carbons (Fsp3) is 1.00. The molecule has 1 fully saturated rings. The molecule has 0 spiro atoms. The highest BCUT2D eigenvalue weighted by Gasteiger charge is 2.21. The third kappa shape index (κ3) is 2.42. The van der Waals surface area contributed by atoms with E-state index in [0.29, 0.717) is 5.92 Å². The van der Waals surface area contributed by atoms with Crippen molar-refractivity contribution in [2.75, 3.05) is 19.8 Å². The molecule has 0 aromatic rings. The Labute approximate surface area is 66.8 Å². The first-order valence-electron chi connectivity index (χ1n) is 3.32. The Morgan fingerprint density at radius 1 is 1.30 bits per heavy atom. The average Bonchev–Trinajstić information content (AvgIpc) is 2.34. The maximum absolute atomic E-state index is 8.66. The predicted octanol–water partition coefficient (Wildman–Crippen LogP) is -0.629. The first-order valence-corrected chi connectivity index (χ1v) is 3.32. The third-order valence-electron chi connectivity index (χ3n) is 1.79. The molecule has 3 N–H and O–H groups in total. The first-order chi connectivity index (χ1) is 4.36. The molecule has 4 heteroatoms. The van der Waals surface area contributed by atoms with E-state index in [1.54, 1.807) is 0 Å². The van der Waals surface area contributed by atoms with E-state index >= 15 is 0 Å². The van der Waals surface area contributed by atoms with Crippen molar-refractivity contribution < 1.29 is 10.2 Å². The summed E-state index contributed by atoms with van der Waals surface area (Å²) in [6.45, 7) is 1.28. The number of nitrogens with one attached hydrogen (secondary N) is 1. The quantitative estimate of drug-likeness (QED) is 0.514. The van der Waals surface area contributed by atoms with Crippen LogP contribution in [0.5, 0.6) is 0 Å². The first kappa shape index (κ1) is 10.2. The van der Waals surface area contributed by atoms with E-state index in [2.05, 4.69) is 5.32 Å². The van der Waals surface area contributed by atoms with Gasteiger partial charge < -0.3 is 15.5 Å². The lowest BCUT2D eigenvalue weighted by molar-refractivity contribution is 0.223. The molecular formula is C6H14ClNO2. The van der Waals surface area contributed by atoms with Gasteiger partial charge >= 0.3 is 0 Å². The van der Waals surface area contributed by atoms with Crippen LogP contribution in [0.4, 0.5) is 0 Å². The molecule has 3 nitrogen and oxygen atoms in total. The molecule has 0 aromatic carbocycles. The van der Waals surface area contributed by atoms with Crippen molar-refractivity contribution in [3.63, 3.8) is 0 Å². The molecule has 0 aliphatic carbocycles. The van der Waals surface area contributed by atoms with Crippen LogP contribution >= 0.6 is 12.4 Å². The van der Waals surface area contributed by atoms with Crippen molar-refractivity contribution in [3.8, 4) is 0 Å². The van der Waals surface area contributed by atoms with Crippen LogP contribution < -0.4 is 5.32 Å². The van der Waals surface area contributed by atoms with Gasteiger partial charge in [0.15, 0.2) is 0 Å². The van der Waals surface area contributed by atoms with Crippen molar-refractivity contribution in [2.24, 2.45) is 5.92 Å².